The van der Waals surface area contributed by atoms with Crippen molar-refractivity contribution >= 4 is 20.8 Å². The van der Waals surface area contributed by atoms with Crippen LogP contribution >= 0.6 is 0 Å². The van der Waals surface area contributed by atoms with Gasteiger partial charge in [0.25, 0.3) is 0 Å². The molecule has 2 saturated heterocycles. The zero-order chi connectivity index (χ0) is 29.2. The second-order valence-electron chi connectivity index (χ2n) is 12.0. The van der Waals surface area contributed by atoms with Crippen LogP contribution in [0.2, 0.25) is 0 Å². The van der Waals surface area contributed by atoms with Crippen LogP contribution in [0, 0.1) is 13.8 Å². The number of aryl methyl sites for hydroxylation is 2. The van der Waals surface area contributed by atoms with E-state index in [1.165, 1.54) is 18.4 Å². The molecule has 0 atom stereocenters. The van der Waals surface area contributed by atoms with Gasteiger partial charge in [-0.25, -0.2) is 4.98 Å². The zero-order valence-corrected chi connectivity index (χ0v) is 25.7. The van der Waals surface area contributed by atoms with Crippen LogP contribution in [0.3, 0.4) is 0 Å². The standard InChI is InChI=1S/C30H42N6O4S/c1-22-16-25(39-3)17-23(2)30(22)41(4,5,38)21-26-32-28(40-33-26)18-29(37)36-14-12-34(13-15-36)20-24-8-9-27(31-19-24)35-10-6-7-11-35/h8-9,16-17,19H,6-7,10-15,18,20-21H2,1-5H3. The van der Waals surface area contributed by atoms with Gasteiger partial charge in [0.05, 0.1) is 12.9 Å². The molecule has 41 heavy (non-hydrogen) atoms. The predicted octanol–water partition coefficient (Wildman–Crippen LogP) is 3.22. The number of anilines is 1. The number of piperazine rings is 1. The maximum Gasteiger partial charge on any atom is 0.236 e. The molecule has 2 aliphatic heterocycles. The van der Waals surface area contributed by atoms with E-state index >= 15 is 0 Å². The van der Waals surface area contributed by atoms with Crippen LogP contribution in [-0.4, -0.2) is 93.9 Å². The second kappa shape index (κ2) is 11.5. The maximum absolute atomic E-state index is 14.3. The van der Waals surface area contributed by atoms with Gasteiger partial charge in [-0.3, -0.25) is 13.9 Å². The molecule has 2 aliphatic rings. The summed E-state index contributed by atoms with van der Waals surface area (Å²) >= 11 is 0. The highest BCUT2D eigenvalue weighted by Gasteiger charge is 2.34. The monoisotopic (exact) mass is 582 g/mol. The fraction of sp³-hybridized carbons (Fsp3) is 0.533. The van der Waals surface area contributed by atoms with E-state index in [0.717, 1.165) is 60.3 Å². The van der Waals surface area contributed by atoms with Gasteiger partial charge >= 0.3 is 0 Å². The van der Waals surface area contributed by atoms with Gasteiger partial charge in [0.15, 0.2) is 5.82 Å². The molecule has 4 heterocycles. The largest absolute Gasteiger partial charge is 0.497 e. The SMILES string of the molecule is COc1cc(C)c(S(C)(C)(=O)Cc2noc(CC(=O)N3CCN(Cc4ccc(N5CCCC5)nc4)CC3)n2)c(C)c1. The number of hydrogen-bond donors (Lipinski definition) is 0. The van der Waals surface area contributed by atoms with Crippen molar-refractivity contribution in [1.82, 2.24) is 24.9 Å². The normalized spacial score (nSPS) is 17.4. The van der Waals surface area contributed by atoms with Crippen LogP contribution in [0.1, 0.15) is 41.2 Å². The van der Waals surface area contributed by atoms with Crippen molar-refractivity contribution in [3.8, 4) is 5.75 Å². The number of ether oxygens (including phenoxy) is 1. The zero-order valence-electron chi connectivity index (χ0n) is 24.9. The Bertz CT molecular complexity index is 1430. The molecule has 11 heteroatoms. The van der Waals surface area contributed by atoms with Gasteiger partial charge in [0.2, 0.25) is 11.8 Å². The summed E-state index contributed by atoms with van der Waals surface area (Å²) in [5.41, 5.74) is 2.99. The molecule has 3 aromatic rings. The Morgan fingerprint density at radius 2 is 1.71 bits per heavy atom. The van der Waals surface area contributed by atoms with Gasteiger partial charge in [0, 0.05) is 56.9 Å². The van der Waals surface area contributed by atoms with E-state index in [1.807, 2.05) is 37.1 Å². The second-order valence-corrected chi connectivity index (χ2v) is 16.8. The Kier molecular flexibility index (Phi) is 8.20. The average molecular weight is 583 g/mol. The maximum atomic E-state index is 14.3. The van der Waals surface area contributed by atoms with Gasteiger partial charge in [-0.2, -0.15) is 4.98 Å². The van der Waals surface area contributed by atoms with E-state index in [4.69, 9.17) is 9.26 Å². The van der Waals surface area contributed by atoms with Gasteiger partial charge in [-0.15, -0.1) is 0 Å². The Hall–Kier alpha value is -3.31. The summed E-state index contributed by atoms with van der Waals surface area (Å²) in [5.74, 6) is 2.49. The molecule has 1 aromatic carbocycles. The summed E-state index contributed by atoms with van der Waals surface area (Å²) in [6.45, 7) is 9.77. The van der Waals surface area contributed by atoms with E-state index in [0.29, 0.717) is 18.9 Å². The Morgan fingerprint density at radius 1 is 1.02 bits per heavy atom. The van der Waals surface area contributed by atoms with Crippen LogP contribution in [-0.2, 0) is 32.6 Å². The van der Waals surface area contributed by atoms with Crippen LogP contribution in [0.15, 0.2) is 39.9 Å². The fourth-order valence-electron chi connectivity index (χ4n) is 6.20. The third-order valence-corrected chi connectivity index (χ3v) is 11.1. The quantitative estimate of drug-likeness (QED) is 0.376. The van der Waals surface area contributed by atoms with E-state index < -0.39 is 9.07 Å². The molecule has 0 aliphatic carbocycles. The Labute approximate surface area is 242 Å². The molecule has 0 unspecified atom stereocenters. The van der Waals surface area contributed by atoms with Crippen molar-refractivity contribution in [3.63, 3.8) is 0 Å². The molecule has 2 aromatic heterocycles. The number of carbonyl (C=O) groups is 1. The topological polar surface area (TPSA) is 105 Å². The minimum absolute atomic E-state index is 0.0369. The number of aromatic nitrogens is 3. The van der Waals surface area contributed by atoms with Crippen molar-refractivity contribution in [2.75, 3.05) is 63.8 Å². The smallest absolute Gasteiger partial charge is 0.236 e. The first-order valence-electron chi connectivity index (χ1n) is 14.3. The van der Waals surface area contributed by atoms with Crippen molar-refractivity contribution < 1.29 is 18.3 Å². The number of nitrogens with zero attached hydrogens (tertiary/aromatic N) is 6. The molecule has 222 valence electrons. The molecule has 0 N–H and O–H groups in total. The van der Waals surface area contributed by atoms with Crippen LogP contribution in [0.5, 0.6) is 5.75 Å². The number of benzene rings is 1. The Morgan fingerprint density at radius 3 is 2.32 bits per heavy atom. The third-order valence-electron chi connectivity index (χ3n) is 8.04. The average Bonchev–Trinajstić information content (AvgIpc) is 3.61. The van der Waals surface area contributed by atoms with E-state index in [1.54, 1.807) is 19.6 Å². The highest BCUT2D eigenvalue weighted by Crippen LogP contribution is 2.39. The summed E-state index contributed by atoms with van der Waals surface area (Å²) in [5, 5.41) is 4.08. The molecule has 5 rings (SSSR count). The number of carbonyl (C=O) groups excluding carboxylic acids is 1. The van der Waals surface area contributed by atoms with E-state index in [9.17, 15) is 9.00 Å². The minimum Gasteiger partial charge on any atom is -0.497 e. The first-order valence-corrected chi connectivity index (χ1v) is 17.2. The first-order chi connectivity index (χ1) is 19.5. The number of hydrogen-bond acceptors (Lipinski definition) is 9. The number of amides is 1. The Balaban J connectivity index is 1.14. The fourth-order valence-corrected chi connectivity index (χ4v) is 9.33. The summed E-state index contributed by atoms with van der Waals surface area (Å²) < 4.78 is 25.1. The number of pyridine rings is 1. The molecule has 0 saturated carbocycles. The molecule has 0 spiro atoms. The summed E-state index contributed by atoms with van der Waals surface area (Å²) in [6.07, 6.45) is 8.02. The van der Waals surface area contributed by atoms with E-state index in [-0.39, 0.29) is 24.0 Å². The summed E-state index contributed by atoms with van der Waals surface area (Å²) in [7, 11) is -1.73. The summed E-state index contributed by atoms with van der Waals surface area (Å²) in [6, 6.07) is 8.07. The van der Waals surface area contributed by atoms with Crippen LogP contribution in [0.25, 0.3) is 0 Å². The van der Waals surface area contributed by atoms with Gasteiger partial charge < -0.3 is 19.1 Å². The predicted molar refractivity (Wildman–Crippen MR) is 160 cm³/mol. The van der Waals surface area contributed by atoms with E-state index in [2.05, 4.69) is 37.1 Å². The van der Waals surface area contributed by atoms with Crippen molar-refractivity contribution in [1.29, 1.82) is 0 Å². The first kappa shape index (κ1) is 29.2. The number of methoxy groups -OCH3 is 1. The van der Waals surface area contributed by atoms with Crippen molar-refractivity contribution in [2.24, 2.45) is 0 Å². The summed E-state index contributed by atoms with van der Waals surface area (Å²) in [4.78, 5) is 29.5. The molecule has 0 bridgehead atoms. The lowest BCUT2D eigenvalue weighted by Crippen LogP contribution is -2.48. The highest BCUT2D eigenvalue weighted by molar-refractivity contribution is 8.18. The van der Waals surface area contributed by atoms with Crippen LogP contribution < -0.4 is 9.64 Å². The molecular weight excluding hydrogens is 540 g/mol. The lowest BCUT2D eigenvalue weighted by molar-refractivity contribution is -0.132. The van der Waals surface area contributed by atoms with Crippen molar-refractivity contribution in [2.45, 2.75) is 50.3 Å². The van der Waals surface area contributed by atoms with Gasteiger partial charge in [-0.05, 0) is 74.1 Å². The molecule has 1 amide bonds. The number of rotatable bonds is 9. The lowest BCUT2D eigenvalue weighted by atomic mass is 10.1. The molecule has 10 nitrogen and oxygen atoms in total. The molecule has 0 radical (unpaired) electrons. The highest BCUT2D eigenvalue weighted by atomic mass is 32.3. The molecule has 2 fully saturated rings. The van der Waals surface area contributed by atoms with Gasteiger partial charge in [-0.1, -0.05) is 20.3 Å². The minimum atomic E-state index is -3.35. The van der Waals surface area contributed by atoms with Crippen molar-refractivity contribution in [3.05, 3.63) is 58.9 Å². The lowest BCUT2D eigenvalue weighted by Gasteiger charge is -2.36. The van der Waals surface area contributed by atoms with Crippen LogP contribution in [0.4, 0.5) is 5.82 Å². The molecular formula is C30H42N6O4S. The third kappa shape index (κ3) is 6.78. The van der Waals surface area contributed by atoms with Gasteiger partial charge in [0.1, 0.15) is 18.0 Å².